The minimum Gasteiger partial charge on any atom is -0.486 e. The largest absolute Gasteiger partial charge is 0.486 e. The van der Waals surface area contributed by atoms with E-state index in [1.165, 1.54) is 5.56 Å². The summed E-state index contributed by atoms with van der Waals surface area (Å²) in [5.41, 5.74) is 7.37. The highest BCUT2D eigenvalue weighted by Gasteiger charge is 2.48. The van der Waals surface area contributed by atoms with Crippen LogP contribution in [0.25, 0.3) is 0 Å². The average molecular weight is 367 g/mol. The molecule has 0 bridgehead atoms. The predicted molar refractivity (Wildman–Crippen MR) is 98.5 cm³/mol. The molecule has 1 aromatic rings. The number of fused-ring (bicyclic) bond motifs is 1. The summed E-state index contributed by atoms with van der Waals surface area (Å²) in [6, 6.07) is 6.26. The van der Waals surface area contributed by atoms with Crippen molar-refractivity contribution in [2.24, 2.45) is 17.1 Å². The standard InChI is InChI=1S/C19H26N2O3.ClH/c1-19(2)11-21(6-5-17(19)20)18(22)14-10-13(14)12-3-4-15-16(9-12)24-8-7-23-15;/h3-4,9,13-14,17H,5-8,10-11,20H2,1-2H3;1H. The van der Waals surface area contributed by atoms with Crippen molar-refractivity contribution in [2.75, 3.05) is 26.3 Å². The highest BCUT2D eigenvalue weighted by molar-refractivity contribution is 5.85. The lowest BCUT2D eigenvalue weighted by Crippen LogP contribution is -2.54. The van der Waals surface area contributed by atoms with Gasteiger partial charge in [-0.1, -0.05) is 19.9 Å². The molecule has 3 atom stereocenters. The third-order valence-electron chi connectivity index (χ3n) is 5.73. The van der Waals surface area contributed by atoms with Crippen LogP contribution in [0.5, 0.6) is 11.5 Å². The molecule has 3 aliphatic rings. The molecule has 2 aliphatic heterocycles. The van der Waals surface area contributed by atoms with Crippen molar-refractivity contribution in [3.63, 3.8) is 0 Å². The molecule has 3 unspecified atom stereocenters. The number of nitrogens with two attached hydrogens (primary N) is 1. The molecule has 0 aromatic heterocycles. The molecule has 5 nitrogen and oxygen atoms in total. The van der Waals surface area contributed by atoms with E-state index in [1.54, 1.807) is 0 Å². The van der Waals surface area contributed by atoms with E-state index in [-0.39, 0.29) is 35.7 Å². The van der Waals surface area contributed by atoms with Crippen LogP contribution in [-0.2, 0) is 4.79 Å². The molecule has 1 aromatic carbocycles. The fourth-order valence-corrected chi connectivity index (χ4v) is 3.92. The maximum absolute atomic E-state index is 12.9. The van der Waals surface area contributed by atoms with Gasteiger partial charge in [0.1, 0.15) is 13.2 Å². The van der Waals surface area contributed by atoms with Gasteiger partial charge >= 0.3 is 0 Å². The number of nitrogens with zero attached hydrogens (tertiary/aromatic N) is 1. The van der Waals surface area contributed by atoms with Crippen LogP contribution in [0.15, 0.2) is 18.2 Å². The highest BCUT2D eigenvalue weighted by atomic mass is 35.5. The Morgan fingerprint density at radius 1 is 1.24 bits per heavy atom. The van der Waals surface area contributed by atoms with Crippen LogP contribution in [0.2, 0.25) is 0 Å². The summed E-state index contributed by atoms with van der Waals surface area (Å²) in [6.07, 6.45) is 1.82. The van der Waals surface area contributed by atoms with Gasteiger partial charge < -0.3 is 20.1 Å². The average Bonchev–Trinajstić information content (AvgIpc) is 3.37. The molecule has 2 heterocycles. The molecule has 1 aliphatic carbocycles. The van der Waals surface area contributed by atoms with Gasteiger partial charge in [-0.3, -0.25) is 4.79 Å². The first-order valence-electron chi connectivity index (χ1n) is 8.89. The van der Waals surface area contributed by atoms with Gasteiger partial charge in [0.05, 0.1) is 0 Å². The molecular formula is C19H27ClN2O3. The summed E-state index contributed by atoms with van der Waals surface area (Å²) in [7, 11) is 0. The topological polar surface area (TPSA) is 64.8 Å². The first kappa shape index (κ1) is 18.3. The summed E-state index contributed by atoms with van der Waals surface area (Å²) in [4.78, 5) is 14.9. The Labute approximate surface area is 155 Å². The molecule has 4 rings (SSSR count). The van der Waals surface area contributed by atoms with Crippen molar-refractivity contribution in [3.05, 3.63) is 23.8 Å². The Kier molecular flexibility index (Phi) is 4.91. The van der Waals surface area contributed by atoms with Gasteiger partial charge in [0.25, 0.3) is 0 Å². The lowest BCUT2D eigenvalue weighted by Gasteiger charge is -2.42. The van der Waals surface area contributed by atoms with E-state index >= 15 is 0 Å². The quantitative estimate of drug-likeness (QED) is 0.873. The Morgan fingerprint density at radius 3 is 2.68 bits per heavy atom. The third-order valence-corrected chi connectivity index (χ3v) is 5.73. The minimum atomic E-state index is -0.00467. The van der Waals surface area contributed by atoms with Crippen LogP contribution < -0.4 is 15.2 Å². The number of benzene rings is 1. The molecule has 0 spiro atoms. The van der Waals surface area contributed by atoms with Gasteiger partial charge in [-0.05, 0) is 41.9 Å². The summed E-state index contributed by atoms with van der Waals surface area (Å²) < 4.78 is 11.2. The molecule has 1 saturated heterocycles. The van der Waals surface area contributed by atoms with Gasteiger partial charge in [-0.15, -0.1) is 12.4 Å². The first-order chi connectivity index (χ1) is 11.5. The lowest BCUT2D eigenvalue weighted by molar-refractivity contribution is -0.136. The molecule has 6 heteroatoms. The molecule has 1 amide bonds. The number of rotatable bonds is 2. The van der Waals surface area contributed by atoms with Gasteiger partial charge in [-0.25, -0.2) is 0 Å². The minimum absolute atomic E-state index is 0. The van der Waals surface area contributed by atoms with Gasteiger partial charge in [-0.2, -0.15) is 0 Å². The van der Waals surface area contributed by atoms with E-state index in [0.717, 1.165) is 37.4 Å². The number of ether oxygens (including phenoxy) is 2. The Morgan fingerprint density at radius 2 is 1.96 bits per heavy atom. The molecule has 2 N–H and O–H groups in total. The van der Waals surface area contributed by atoms with E-state index in [1.807, 2.05) is 17.0 Å². The Bertz CT molecular complexity index is 664. The fraction of sp³-hybridized carbons (Fsp3) is 0.632. The number of likely N-dealkylation sites (tertiary alicyclic amines) is 1. The monoisotopic (exact) mass is 366 g/mol. The van der Waals surface area contributed by atoms with Crippen molar-refractivity contribution < 1.29 is 14.3 Å². The fourth-order valence-electron chi connectivity index (χ4n) is 3.92. The van der Waals surface area contributed by atoms with Gasteiger partial charge in [0.15, 0.2) is 11.5 Å². The van der Waals surface area contributed by atoms with E-state index < -0.39 is 0 Å². The Balaban J connectivity index is 0.00000182. The molecule has 2 fully saturated rings. The van der Waals surface area contributed by atoms with Crippen molar-refractivity contribution in [3.8, 4) is 11.5 Å². The molecule has 1 saturated carbocycles. The summed E-state index contributed by atoms with van der Waals surface area (Å²) in [5.74, 6) is 2.32. The third kappa shape index (κ3) is 3.44. The molecular weight excluding hydrogens is 340 g/mol. The normalized spacial score (nSPS) is 29.6. The van der Waals surface area contributed by atoms with Crippen LogP contribution in [0.1, 0.15) is 38.2 Å². The van der Waals surface area contributed by atoms with Crippen LogP contribution in [0.4, 0.5) is 0 Å². The summed E-state index contributed by atoms with van der Waals surface area (Å²) in [6.45, 7) is 7.05. The number of carbonyl (C=O) groups excluding carboxylic acids is 1. The zero-order valence-corrected chi connectivity index (χ0v) is 15.7. The van der Waals surface area contributed by atoms with Crippen molar-refractivity contribution >= 4 is 18.3 Å². The van der Waals surface area contributed by atoms with Crippen LogP contribution in [-0.4, -0.2) is 43.2 Å². The maximum Gasteiger partial charge on any atom is 0.226 e. The molecule has 138 valence electrons. The lowest BCUT2D eigenvalue weighted by atomic mass is 9.79. The second-order valence-electron chi connectivity index (χ2n) is 8.00. The van der Waals surface area contributed by atoms with Crippen LogP contribution >= 0.6 is 12.4 Å². The number of halogens is 1. The molecule has 25 heavy (non-hydrogen) atoms. The number of hydrogen-bond donors (Lipinski definition) is 1. The predicted octanol–water partition coefficient (Wildman–Crippen LogP) is 2.57. The number of amides is 1. The SMILES string of the molecule is CC1(C)CN(C(=O)C2CC2c2ccc3c(c2)OCCO3)CCC1N.Cl. The van der Waals surface area contributed by atoms with E-state index in [0.29, 0.717) is 19.1 Å². The van der Waals surface area contributed by atoms with E-state index in [4.69, 9.17) is 15.2 Å². The first-order valence-corrected chi connectivity index (χ1v) is 8.89. The second-order valence-corrected chi connectivity index (χ2v) is 8.00. The smallest absolute Gasteiger partial charge is 0.226 e. The van der Waals surface area contributed by atoms with Crippen molar-refractivity contribution in [2.45, 2.75) is 38.6 Å². The summed E-state index contributed by atoms with van der Waals surface area (Å²) >= 11 is 0. The highest BCUT2D eigenvalue weighted by Crippen LogP contribution is 2.50. The zero-order chi connectivity index (χ0) is 16.9. The number of piperidine rings is 1. The van der Waals surface area contributed by atoms with E-state index in [9.17, 15) is 4.79 Å². The van der Waals surface area contributed by atoms with Gasteiger partial charge in [0.2, 0.25) is 5.91 Å². The number of carbonyl (C=O) groups is 1. The molecule has 0 radical (unpaired) electrons. The van der Waals surface area contributed by atoms with Crippen LogP contribution in [0.3, 0.4) is 0 Å². The van der Waals surface area contributed by atoms with Crippen molar-refractivity contribution in [1.82, 2.24) is 4.90 Å². The summed E-state index contributed by atoms with van der Waals surface area (Å²) in [5, 5.41) is 0. The van der Waals surface area contributed by atoms with E-state index in [2.05, 4.69) is 19.9 Å². The zero-order valence-electron chi connectivity index (χ0n) is 14.9. The maximum atomic E-state index is 12.9. The second kappa shape index (κ2) is 6.69. The van der Waals surface area contributed by atoms with Crippen molar-refractivity contribution in [1.29, 1.82) is 0 Å². The van der Waals surface area contributed by atoms with Crippen LogP contribution in [0, 0.1) is 11.3 Å². The van der Waals surface area contributed by atoms with Gasteiger partial charge in [0, 0.05) is 25.0 Å². The Hall–Kier alpha value is -1.46. The number of hydrogen-bond acceptors (Lipinski definition) is 4.